The van der Waals surface area contributed by atoms with Crippen molar-refractivity contribution in [1.82, 2.24) is 4.98 Å². The lowest BCUT2D eigenvalue weighted by atomic mass is 10.2. The van der Waals surface area contributed by atoms with E-state index in [0.29, 0.717) is 13.0 Å². The van der Waals surface area contributed by atoms with Gasteiger partial charge in [0.2, 0.25) is 0 Å². The lowest BCUT2D eigenvalue weighted by Crippen LogP contribution is -2.15. The van der Waals surface area contributed by atoms with Crippen LogP contribution in [0.4, 0.5) is 0 Å². The molecular formula is C7H11ClN2O. The predicted octanol–water partition coefficient (Wildman–Crippen LogP) is 0.298. The van der Waals surface area contributed by atoms with Gasteiger partial charge in [-0.3, -0.25) is 4.79 Å². The van der Waals surface area contributed by atoms with E-state index in [1.165, 1.54) is 0 Å². The van der Waals surface area contributed by atoms with Crippen LogP contribution >= 0.6 is 12.4 Å². The van der Waals surface area contributed by atoms with Gasteiger partial charge in [0.1, 0.15) is 0 Å². The molecule has 3 N–H and O–H groups in total. The number of pyridine rings is 1. The van der Waals surface area contributed by atoms with Crippen LogP contribution in [0.25, 0.3) is 0 Å². The highest BCUT2D eigenvalue weighted by Gasteiger charge is 1.93. The Bertz CT molecular complexity index is 259. The number of H-pyrrole nitrogens is 1. The number of aromatic nitrogens is 1. The third-order valence-corrected chi connectivity index (χ3v) is 1.31. The SMILES string of the molecule is Cl.NCCc1ccc[nH]c1=O. The number of nitrogens with two attached hydrogens (primary N) is 1. The molecule has 0 aliphatic carbocycles. The van der Waals surface area contributed by atoms with Gasteiger partial charge in [-0.25, -0.2) is 0 Å². The Morgan fingerprint density at radius 1 is 1.55 bits per heavy atom. The van der Waals surface area contributed by atoms with E-state index in [-0.39, 0.29) is 18.0 Å². The van der Waals surface area contributed by atoms with Gasteiger partial charge >= 0.3 is 0 Å². The Labute approximate surface area is 71.0 Å². The monoisotopic (exact) mass is 174 g/mol. The molecule has 0 radical (unpaired) electrons. The van der Waals surface area contributed by atoms with Gasteiger partial charge in [0.25, 0.3) is 5.56 Å². The fourth-order valence-corrected chi connectivity index (χ4v) is 0.809. The van der Waals surface area contributed by atoms with Crippen molar-refractivity contribution in [2.45, 2.75) is 6.42 Å². The summed E-state index contributed by atoms with van der Waals surface area (Å²) in [5.41, 5.74) is 6.00. The van der Waals surface area contributed by atoms with Crippen molar-refractivity contribution in [1.29, 1.82) is 0 Å². The van der Waals surface area contributed by atoms with Crippen molar-refractivity contribution in [3.63, 3.8) is 0 Å². The van der Waals surface area contributed by atoms with E-state index >= 15 is 0 Å². The number of hydrogen-bond acceptors (Lipinski definition) is 2. The lowest BCUT2D eigenvalue weighted by molar-refractivity contribution is 0.942. The highest BCUT2D eigenvalue weighted by Crippen LogP contribution is 1.87. The predicted molar refractivity (Wildman–Crippen MR) is 47.1 cm³/mol. The lowest BCUT2D eigenvalue weighted by Gasteiger charge is -1.93. The smallest absolute Gasteiger partial charge is 0.251 e. The molecule has 0 unspecified atom stereocenters. The molecule has 0 saturated carbocycles. The second-order valence-electron chi connectivity index (χ2n) is 2.06. The van der Waals surface area contributed by atoms with E-state index in [0.717, 1.165) is 5.56 Å². The molecular weight excluding hydrogens is 164 g/mol. The summed E-state index contributed by atoms with van der Waals surface area (Å²) in [5.74, 6) is 0. The van der Waals surface area contributed by atoms with Gasteiger partial charge < -0.3 is 10.7 Å². The van der Waals surface area contributed by atoms with Crippen molar-refractivity contribution in [3.8, 4) is 0 Å². The minimum absolute atomic E-state index is 0. The van der Waals surface area contributed by atoms with Crippen molar-refractivity contribution < 1.29 is 0 Å². The number of nitrogens with one attached hydrogen (secondary N) is 1. The zero-order valence-electron chi connectivity index (χ0n) is 6.04. The molecule has 3 nitrogen and oxygen atoms in total. The van der Waals surface area contributed by atoms with E-state index < -0.39 is 0 Å². The molecule has 11 heavy (non-hydrogen) atoms. The van der Waals surface area contributed by atoms with Crippen LogP contribution in [0, 0.1) is 0 Å². The number of rotatable bonds is 2. The van der Waals surface area contributed by atoms with E-state index in [2.05, 4.69) is 4.98 Å². The van der Waals surface area contributed by atoms with Crippen LogP contribution < -0.4 is 11.3 Å². The molecule has 1 rings (SSSR count). The first-order valence-electron chi connectivity index (χ1n) is 3.21. The topological polar surface area (TPSA) is 58.9 Å². The highest BCUT2D eigenvalue weighted by atomic mass is 35.5. The zero-order valence-corrected chi connectivity index (χ0v) is 6.86. The molecule has 4 heteroatoms. The van der Waals surface area contributed by atoms with Gasteiger partial charge in [-0.1, -0.05) is 6.07 Å². The first kappa shape index (κ1) is 10.2. The van der Waals surface area contributed by atoms with Crippen molar-refractivity contribution >= 4 is 12.4 Å². The maximum absolute atomic E-state index is 10.9. The minimum atomic E-state index is -0.0343. The van der Waals surface area contributed by atoms with Crippen LogP contribution in [0.5, 0.6) is 0 Å². The average molecular weight is 175 g/mol. The summed E-state index contributed by atoms with van der Waals surface area (Å²) in [4.78, 5) is 13.5. The molecule has 0 saturated heterocycles. The Kier molecular flexibility index (Phi) is 4.57. The first-order chi connectivity index (χ1) is 4.84. The van der Waals surface area contributed by atoms with Crippen LogP contribution in [0.3, 0.4) is 0 Å². The summed E-state index contributed by atoms with van der Waals surface area (Å²) in [5, 5.41) is 0. The summed E-state index contributed by atoms with van der Waals surface area (Å²) in [6.07, 6.45) is 2.26. The van der Waals surface area contributed by atoms with E-state index in [9.17, 15) is 4.79 Å². The second kappa shape index (κ2) is 4.93. The molecule has 0 bridgehead atoms. The summed E-state index contributed by atoms with van der Waals surface area (Å²) in [6, 6.07) is 3.58. The van der Waals surface area contributed by atoms with E-state index in [1.54, 1.807) is 18.3 Å². The molecule has 0 spiro atoms. The van der Waals surface area contributed by atoms with Gasteiger partial charge in [-0.2, -0.15) is 0 Å². The largest absolute Gasteiger partial charge is 0.330 e. The standard InChI is InChI=1S/C7H10N2O.ClH/c8-4-3-6-2-1-5-9-7(6)10;/h1-2,5H,3-4,8H2,(H,9,10);1H. The first-order valence-corrected chi connectivity index (χ1v) is 3.21. The van der Waals surface area contributed by atoms with Gasteiger partial charge in [-0.15, -0.1) is 12.4 Å². The molecule has 1 aromatic heterocycles. The Balaban J connectivity index is 0.000001000. The third-order valence-electron chi connectivity index (χ3n) is 1.31. The zero-order chi connectivity index (χ0) is 7.40. The molecule has 1 heterocycles. The quantitative estimate of drug-likeness (QED) is 0.678. The third kappa shape index (κ3) is 2.74. The normalized spacial score (nSPS) is 8.82. The molecule has 0 aliphatic heterocycles. The number of hydrogen-bond donors (Lipinski definition) is 2. The fraction of sp³-hybridized carbons (Fsp3) is 0.286. The Morgan fingerprint density at radius 3 is 2.82 bits per heavy atom. The second-order valence-corrected chi connectivity index (χ2v) is 2.06. The summed E-state index contributed by atoms with van der Waals surface area (Å²) in [6.45, 7) is 0.521. The molecule has 62 valence electrons. The maximum atomic E-state index is 10.9. The van der Waals surface area contributed by atoms with Crippen LogP contribution in [0.1, 0.15) is 5.56 Å². The van der Waals surface area contributed by atoms with Gasteiger partial charge in [-0.05, 0) is 19.0 Å². The average Bonchev–Trinajstić information content (AvgIpc) is 1.94. The van der Waals surface area contributed by atoms with Crippen molar-refractivity contribution in [2.24, 2.45) is 5.73 Å². The van der Waals surface area contributed by atoms with Gasteiger partial charge in [0.15, 0.2) is 0 Å². The van der Waals surface area contributed by atoms with Crippen molar-refractivity contribution in [2.75, 3.05) is 6.54 Å². The van der Waals surface area contributed by atoms with Crippen LogP contribution in [0.15, 0.2) is 23.1 Å². The maximum Gasteiger partial charge on any atom is 0.251 e. The molecule has 0 aromatic carbocycles. The van der Waals surface area contributed by atoms with E-state index in [4.69, 9.17) is 5.73 Å². The summed E-state index contributed by atoms with van der Waals surface area (Å²) < 4.78 is 0. The van der Waals surface area contributed by atoms with Gasteiger partial charge in [0.05, 0.1) is 0 Å². The number of aromatic amines is 1. The molecule has 0 fully saturated rings. The minimum Gasteiger partial charge on any atom is -0.330 e. The van der Waals surface area contributed by atoms with Crippen molar-refractivity contribution in [3.05, 3.63) is 34.2 Å². The summed E-state index contributed by atoms with van der Waals surface area (Å²) in [7, 11) is 0. The molecule has 0 atom stereocenters. The van der Waals surface area contributed by atoms with Gasteiger partial charge in [0, 0.05) is 11.8 Å². The van der Waals surface area contributed by atoms with Crippen LogP contribution in [0.2, 0.25) is 0 Å². The number of halogens is 1. The Hall–Kier alpha value is -0.800. The van der Waals surface area contributed by atoms with Crippen LogP contribution in [-0.2, 0) is 6.42 Å². The molecule has 0 aliphatic rings. The highest BCUT2D eigenvalue weighted by molar-refractivity contribution is 5.85. The molecule has 0 amide bonds. The Morgan fingerprint density at radius 2 is 2.27 bits per heavy atom. The fourth-order valence-electron chi connectivity index (χ4n) is 0.809. The summed E-state index contributed by atoms with van der Waals surface area (Å²) >= 11 is 0. The molecule has 1 aromatic rings. The van der Waals surface area contributed by atoms with E-state index in [1.807, 2.05) is 0 Å². The van der Waals surface area contributed by atoms with Crippen LogP contribution in [-0.4, -0.2) is 11.5 Å².